The maximum absolute atomic E-state index is 12.2. The Hall–Kier alpha value is -2.86. The second kappa shape index (κ2) is 9.90. The van der Waals surface area contributed by atoms with E-state index in [0.717, 1.165) is 16.8 Å². The van der Waals surface area contributed by atoms with Gasteiger partial charge in [-0.1, -0.05) is 23.7 Å². The first-order valence-corrected chi connectivity index (χ1v) is 9.29. The van der Waals surface area contributed by atoms with E-state index in [4.69, 9.17) is 11.6 Å². The Bertz CT molecular complexity index is 866. The average Bonchev–Trinajstić information content (AvgIpc) is 2.65. The lowest BCUT2D eigenvalue weighted by molar-refractivity contribution is -0.133. The summed E-state index contributed by atoms with van der Waals surface area (Å²) in [5, 5.41) is 6.05. The summed E-state index contributed by atoms with van der Waals surface area (Å²) in [5.74, 6) is -0.776. The fraction of sp³-hybridized carbons (Fsp3) is 0.286. The van der Waals surface area contributed by atoms with Crippen molar-refractivity contribution in [2.24, 2.45) is 0 Å². The molecule has 6 nitrogen and oxygen atoms in total. The first-order chi connectivity index (χ1) is 13.3. The van der Waals surface area contributed by atoms with Crippen molar-refractivity contribution in [1.82, 2.24) is 10.2 Å². The highest BCUT2D eigenvalue weighted by molar-refractivity contribution is 6.30. The molecule has 0 saturated carbocycles. The lowest BCUT2D eigenvalue weighted by atomic mass is 10.1. The van der Waals surface area contributed by atoms with Crippen LogP contribution in [0.15, 0.2) is 42.5 Å². The van der Waals surface area contributed by atoms with Crippen LogP contribution in [-0.4, -0.2) is 42.8 Å². The maximum atomic E-state index is 12.2. The second-order valence-corrected chi connectivity index (χ2v) is 7.07. The molecule has 0 bridgehead atoms. The average molecular weight is 402 g/mol. The van der Waals surface area contributed by atoms with Crippen molar-refractivity contribution >= 4 is 35.0 Å². The van der Waals surface area contributed by atoms with E-state index in [1.54, 1.807) is 31.3 Å². The first-order valence-electron chi connectivity index (χ1n) is 8.91. The van der Waals surface area contributed by atoms with Crippen molar-refractivity contribution < 1.29 is 14.4 Å². The highest BCUT2D eigenvalue weighted by Crippen LogP contribution is 2.16. The summed E-state index contributed by atoms with van der Waals surface area (Å²) in [5.41, 5.74) is 3.21. The molecule has 0 aromatic heterocycles. The van der Waals surface area contributed by atoms with E-state index < -0.39 is 0 Å². The van der Waals surface area contributed by atoms with Crippen LogP contribution >= 0.6 is 11.6 Å². The van der Waals surface area contributed by atoms with Crippen LogP contribution in [0.5, 0.6) is 0 Å². The van der Waals surface area contributed by atoms with Crippen molar-refractivity contribution in [1.29, 1.82) is 0 Å². The molecule has 2 aromatic carbocycles. The van der Waals surface area contributed by atoms with Gasteiger partial charge in [0.15, 0.2) is 0 Å². The minimum Gasteiger partial charge on any atom is -0.352 e. The Labute approximate surface area is 169 Å². The zero-order chi connectivity index (χ0) is 20.7. The second-order valence-electron chi connectivity index (χ2n) is 6.63. The molecule has 3 amide bonds. The maximum Gasteiger partial charge on any atom is 0.251 e. The molecule has 2 rings (SSSR count). The number of carbonyl (C=O) groups excluding carboxylic acids is 3. The van der Waals surface area contributed by atoms with Crippen LogP contribution in [0.1, 0.15) is 27.9 Å². The Morgan fingerprint density at radius 3 is 2.39 bits per heavy atom. The summed E-state index contributed by atoms with van der Waals surface area (Å²) in [6, 6.07) is 12.3. The summed E-state index contributed by atoms with van der Waals surface area (Å²) >= 11 is 5.79. The predicted molar refractivity (Wildman–Crippen MR) is 111 cm³/mol. The van der Waals surface area contributed by atoms with Crippen LogP contribution in [0.4, 0.5) is 5.69 Å². The highest BCUT2D eigenvalue weighted by Gasteiger charge is 2.14. The summed E-state index contributed by atoms with van der Waals surface area (Å²) in [6.45, 7) is 3.98. The number of carbonyl (C=O) groups is 3. The van der Waals surface area contributed by atoms with Crippen molar-refractivity contribution in [2.75, 3.05) is 25.5 Å². The number of benzene rings is 2. The van der Waals surface area contributed by atoms with Gasteiger partial charge < -0.3 is 15.5 Å². The van der Waals surface area contributed by atoms with Gasteiger partial charge in [-0.2, -0.15) is 0 Å². The Kier molecular flexibility index (Phi) is 7.58. The van der Waals surface area contributed by atoms with Gasteiger partial charge in [-0.05, 0) is 55.3 Å². The smallest absolute Gasteiger partial charge is 0.251 e. The number of nitrogens with zero attached hydrogens (tertiary/aromatic N) is 1. The molecule has 0 aliphatic heterocycles. The number of nitrogens with one attached hydrogen (secondary N) is 2. The largest absolute Gasteiger partial charge is 0.352 e. The Morgan fingerprint density at radius 2 is 1.71 bits per heavy atom. The molecule has 2 aromatic rings. The molecular weight excluding hydrogens is 378 g/mol. The molecule has 28 heavy (non-hydrogen) atoms. The van der Waals surface area contributed by atoms with Gasteiger partial charge in [0.1, 0.15) is 0 Å². The quantitative estimate of drug-likeness (QED) is 0.747. The number of anilines is 1. The molecule has 0 spiro atoms. The van der Waals surface area contributed by atoms with Gasteiger partial charge in [0, 0.05) is 36.3 Å². The minimum atomic E-state index is -0.278. The molecule has 7 heteroatoms. The first kappa shape index (κ1) is 21.4. The minimum absolute atomic E-state index is 0.0582. The summed E-state index contributed by atoms with van der Waals surface area (Å²) < 4.78 is 0. The Morgan fingerprint density at radius 1 is 1.04 bits per heavy atom. The SMILES string of the molecule is Cc1ccc(C)c(NC(=O)CN(C)C(=O)CCNC(=O)c2ccc(Cl)cc2)c1. The lowest BCUT2D eigenvalue weighted by Gasteiger charge is -2.17. The van der Waals surface area contributed by atoms with E-state index >= 15 is 0 Å². The zero-order valence-electron chi connectivity index (χ0n) is 16.2. The van der Waals surface area contributed by atoms with E-state index in [-0.39, 0.29) is 37.2 Å². The number of halogens is 1. The molecule has 0 saturated heterocycles. The van der Waals surface area contributed by atoms with E-state index in [2.05, 4.69) is 10.6 Å². The van der Waals surface area contributed by atoms with Crippen molar-refractivity contribution in [3.05, 3.63) is 64.2 Å². The fourth-order valence-electron chi connectivity index (χ4n) is 2.54. The monoisotopic (exact) mass is 401 g/mol. The summed E-state index contributed by atoms with van der Waals surface area (Å²) in [6.07, 6.45) is 0.104. The van der Waals surface area contributed by atoms with Gasteiger partial charge in [0.25, 0.3) is 5.91 Å². The number of aryl methyl sites for hydroxylation is 2. The number of amides is 3. The fourth-order valence-corrected chi connectivity index (χ4v) is 2.67. The van der Waals surface area contributed by atoms with Gasteiger partial charge in [-0.3, -0.25) is 14.4 Å². The van der Waals surface area contributed by atoms with Crippen molar-refractivity contribution in [3.8, 4) is 0 Å². The molecule has 0 radical (unpaired) electrons. The van der Waals surface area contributed by atoms with E-state index in [1.165, 1.54) is 4.90 Å². The molecule has 0 aliphatic carbocycles. The topological polar surface area (TPSA) is 78.5 Å². The molecular formula is C21H24ClN3O3. The van der Waals surface area contributed by atoms with Crippen LogP contribution < -0.4 is 10.6 Å². The van der Waals surface area contributed by atoms with Gasteiger partial charge in [-0.15, -0.1) is 0 Å². The van der Waals surface area contributed by atoms with E-state index in [9.17, 15) is 14.4 Å². The number of hydrogen-bond acceptors (Lipinski definition) is 3. The number of hydrogen-bond donors (Lipinski definition) is 2. The van der Waals surface area contributed by atoms with Crippen LogP contribution in [0, 0.1) is 13.8 Å². The standard InChI is InChI=1S/C21H24ClN3O3/c1-14-4-5-15(2)18(12-14)24-19(26)13-25(3)20(27)10-11-23-21(28)16-6-8-17(22)9-7-16/h4-9,12H,10-11,13H2,1-3H3,(H,23,28)(H,24,26). The van der Waals surface area contributed by atoms with Gasteiger partial charge in [-0.25, -0.2) is 0 Å². The third-order valence-electron chi connectivity index (χ3n) is 4.20. The normalized spacial score (nSPS) is 10.3. The zero-order valence-corrected chi connectivity index (χ0v) is 17.0. The molecule has 2 N–H and O–H groups in total. The molecule has 0 fully saturated rings. The summed E-state index contributed by atoms with van der Waals surface area (Å²) in [7, 11) is 1.56. The van der Waals surface area contributed by atoms with Gasteiger partial charge >= 0.3 is 0 Å². The molecule has 0 heterocycles. The number of rotatable bonds is 7. The van der Waals surface area contributed by atoms with E-state index in [0.29, 0.717) is 10.6 Å². The number of likely N-dealkylation sites (N-methyl/N-ethyl adjacent to an activating group) is 1. The highest BCUT2D eigenvalue weighted by atomic mass is 35.5. The van der Waals surface area contributed by atoms with Crippen LogP contribution in [0.25, 0.3) is 0 Å². The van der Waals surface area contributed by atoms with Crippen LogP contribution in [0.2, 0.25) is 5.02 Å². The Balaban J connectivity index is 1.77. The molecule has 0 atom stereocenters. The van der Waals surface area contributed by atoms with Crippen LogP contribution in [0.3, 0.4) is 0 Å². The molecule has 148 valence electrons. The third-order valence-corrected chi connectivity index (χ3v) is 4.46. The molecule has 0 aliphatic rings. The summed E-state index contributed by atoms with van der Waals surface area (Å²) in [4.78, 5) is 37.7. The van der Waals surface area contributed by atoms with Crippen molar-refractivity contribution in [3.63, 3.8) is 0 Å². The van der Waals surface area contributed by atoms with Crippen molar-refractivity contribution in [2.45, 2.75) is 20.3 Å². The van der Waals surface area contributed by atoms with Gasteiger partial charge in [0.05, 0.1) is 6.54 Å². The third kappa shape index (κ3) is 6.39. The molecule has 0 unspecified atom stereocenters. The predicted octanol–water partition coefficient (Wildman–Crippen LogP) is 3.17. The van der Waals surface area contributed by atoms with Gasteiger partial charge in [0.2, 0.25) is 11.8 Å². The lowest BCUT2D eigenvalue weighted by Crippen LogP contribution is -2.37. The van der Waals surface area contributed by atoms with E-state index in [1.807, 2.05) is 32.0 Å². The van der Waals surface area contributed by atoms with Crippen LogP contribution in [-0.2, 0) is 9.59 Å².